The standard InChI is InChI=1S/C14H11N5O2/c1-8-4-3-5-16-13(8)14-17-12(21-19-14)6-11-10(7-15)9(2)20-18-11/h3-5H,6H2,1-2H3. The minimum atomic E-state index is 0.249. The van der Waals surface area contributed by atoms with Crippen molar-refractivity contribution in [2.75, 3.05) is 0 Å². The molecule has 0 aliphatic carbocycles. The summed E-state index contributed by atoms with van der Waals surface area (Å²) in [5.74, 6) is 1.26. The summed E-state index contributed by atoms with van der Waals surface area (Å²) in [6, 6.07) is 5.82. The zero-order valence-electron chi connectivity index (χ0n) is 11.5. The molecular weight excluding hydrogens is 270 g/mol. The van der Waals surface area contributed by atoms with Crippen molar-refractivity contribution in [2.45, 2.75) is 20.3 Å². The number of hydrogen-bond donors (Lipinski definition) is 0. The van der Waals surface area contributed by atoms with Crippen molar-refractivity contribution >= 4 is 0 Å². The molecule has 0 atom stereocenters. The summed E-state index contributed by atoms with van der Waals surface area (Å²) < 4.78 is 10.2. The number of aromatic nitrogens is 4. The van der Waals surface area contributed by atoms with Crippen molar-refractivity contribution in [2.24, 2.45) is 0 Å². The number of nitriles is 1. The molecule has 0 saturated carbocycles. The van der Waals surface area contributed by atoms with Crippen molar-refractivity contribution in [3.05, 3.63) is 46.8 Å². The van der Waals surface area contributed by atoms with Crippen LogP contribution in [0.25, 0.3) is 11.5 Å². The first-order valence-electron chi connectivity index (χ1n) is 6.29. The van der Waals surface area contributed by atoms with Gasteiger partial charge in [0.1, 0.15) is 23.0 Å². The summed E-state index contributed by atoms with van der Waals surface area (Å²) in [7, 11) is 0. The highest BCUT2D eigenvalue weighted by Crippen LogP contribution is 2.19. The number of aryl methyl sites for hydroxylation is 2. The van der Waals surface area contributed by atoms with Gasteiger partial charge in [-0.3, -0.25) is 4.98 Å². The molecule has 104 valence electrons. The van der Waals surface area contributed by atoms with Crippen LogP contribution in [0.4, 0.5) is 0 Å². The van der Waals surface area contributed by atoms with Crippen molar-refractivity contribution in [3.63, 3.8) is 0 Å². The minimum absolute atomic E-state index is 0.249. The predicted molar refractivity (Wildman–Crippen MR) is 71.0 cm³/mol. The molecule has 0 aromatic carbocycles. The van der Waals surface area contributed by atoms with E-state index >= 15 is 0 Å². The Labute approximate surface area is 120 Å². The number of nitrogens with zero attached hydrogens (tertiary/aromatic N) is 5. The molecule has 0 aliphatic rings. The van der Waals surface area contributed by atoms with Gasteiger partial charge in [0.05, 0.1) is 6.42 Å². The molecule has 21 heavy (non-hydrogen) atoms. The summed E-state index contributed by atoms with van der Waals surface area (Å²) in [5.41, 5.74) is 2.52. The van der Waals surface area contributed by atoms with Crippen molar-refractivity contribution in [3.8, 4) is 17.6 Å². The molecular formula is C14H11N5O2. The lowest BCUT2D eigenvalue weighted by atomic mass is 10.1. The van der Waals surface area contributed by atoms with E-state index in [-0.39, 0.29) is 6.42 Å². The van der Waals surface area contributed by atoms with Gasteiger partial charge in [0.25, 0.3) is 0 Å². The fraction of sp³-hybridized carbons (Fsp3) is 0.214. The highest BCUT2D eigenvalue weighted by atomic mass is 16.5. The van der Waals surface area contributed by atoms with E-state index < -0.39 is 0 Å². The van der Waals surface area contributed by atoms with E-state index in [1.807, 2.05) is 19.1 Å². The molecule has 0 aliphatic heterocycles. The molecule has 0 N–H and O–H groups in total. The molecule has 7 nitrogen and oxygen atoms in total. The monoisotopic (exact) mass is 281 g/mol. The van der Waals surface area contributed by atoms with Crippen LogP contribution in [0.15, 0.2) is 27.4 Å². The topological polar surface area (TPSA) is 102 Å². The van der Waals surface area contributed by atoms with E-state index in [1.54, 1.807) is 13.1 Å². The summed E-state index contributed by atoms with van der Waals surface area (Å²) in [6.45, 7) is 3.61. The van der Waals surface area contributed by atoms with Gasteiger partial charge in [0.15, 0.2) is 5.76 Å². The third kappa shape index (κ3) is 2.39. The smallest absolute Gasteiger partial charge is 0.233 e. The third-order valence-electron chi connectivity index (χ3n) is 3.05. The lowest BCUT2D eigenvalue weighted by Gasteiger charge is -1.96. The molecule has 0 fully saturated rings. The van der Waals surface area contributed by atoms with Gasteiger partial charge in [-0.25, -0.2) is 0 Å². The Morgan fingerprint density at radius 2 is 2.10 bits per heavy atom. The van der Waals surface area contributed by atoms with Crippen LogP contribution in [-0.2, 0) is 6.42 Å². The van der Waals surface area contributed by atoms with E-state index in [9.17, 15) is 0 Å². The second-order valence-electron chi connectivity index (χ2n) is 4.53. The summed E-state index contributed by atoms with van der Waals surface area (Å²) >= 11 is 0. The van der Waals surface area contributed by atoms with E-state index in [4.69, 9.17) is 14.3 Å². The molecule has 0 saturated heterocycles. The van der Waals surface area contributed by atoms with Crippen molar-refractivity contribution < 1.29 is 9.05 Å². The van der Waals surface area contributed by atoms with Crippen LogP contribution in [0.3, 0.4) is 0 Å². The van der Waals surface area contributed by atoms with E-state index in [0.29, 0.717) is 34.4 Å². The van der Waals surface area contributed by atoms with Crippen LogP contribution in [0.2, 0.25) is 0 Å². The van der Waals surface area contributed by atoms with Crippen molar-refractivity contribution in [1.29, 1.82) is 5.26 Å². The highest BCUT2D eigenvalue weighted by Gasteiger charge is 2.17. The normalized spacial score (nSPS) is 10.5. The van der Waals surface area contributed by atoms with Gasteiger partial charge in [-0.1, -0.05) is 16.4 Å². The van der Waals surface area contributed by atoms with Crippen LogP contribution in [0.5, 0.6) is 0 Å². The average molecular weight is 281 g/mol. The molecule has 3 aromatic rings. The molecule has 0 amide bonds. The maximum atomic E-state index is 9.06. The van der Waals surface area contributed by atoms with Crippen LogP contribution >= 0.6 is 0 Å². The van der Waals surface area contributed by atoms with Gasteiger partial charge in [0, 0.05) is 6.20 Å². The Balaban J connectivity index is 1.89. The molecule has 0 spiro atoms. The second-order valence-corrected chi connectivity index (χ2v) is 4.53. The van der Waals surface area contributed by atoms with Crippen LogP contribution < -0.4 is 0 Å². The first-order valence-corrected chi connectivity index (χ1v) is 6.29. The Bertz CT molecular complexity index is 828. The Morgan fingerprint density at radius 1 is 1.24 bits per heavy atom. The number of pyridine rings is 1. The zero-order valence-corrected chi connectivity index (χ0v) is 11.5. The Hall–Kier alpha value is -3.01. The lowest BCUT2D eigenvalue weighted by Crippen LogP contribution is -1.93. The van der Waals surface area contributed by atoms with Gasteiger partial charge >= 0.3 is 0 Å². The Morgan fingerprint density at radius 3 is 2.86 bits per heavy atom. The molecule has 7 heteroatoms. The average Bonchev–Trinajstić information content (AvgIpc) is 3.07. The fourth-order valence-corrected chi connectivity index (χ4v) is 1.97. The van der Waals surface area contributed by atoms with Gasteiger partial charge in [-0.05, 0) is 25.5 Å². The van der Waals surface area contributed by atoms with Crippen LogP contribution in [0, 0.1) is 25.2 Å². The maximum absolute atomic E-state index is 9.06. The van der Waals surface area contributed by atoms with Gasteiger partial charge in [0.2, 0.25) is 11.7 Å². The quantitative estimate of drug-likeness (QED) is 0.725. The first kappa shape index (κ1) is 13.0. The molecule has 3 aromatic heterocycles. The SMILES string of the molecule is Cc1cccnc1-c1noc(Cc2noc(C)c2C#N)n1. The second kappa shape index (κ2) is 5.17. The largest absolute Gasteiger partial charge is 0.360 e. The van der Waals surface area contributed by atoms with Crippen molar-refractivity contribution in [1.82, 2.24) is 20.3 Å². The predicted octanol–water partition coefficient (Wildman–Crippen LogP) is 2.20. The van der Waals surface area contributed by atoms with E-state index in [2.05, 4.69) is 26.4 Å². The molecule has 3 heterocycles. The van der Waals surface area contributed by atoms with Crippen LogP contribution in [0.1, 0.15) is 28.5 Å². The summed E-state index contributed by atoms with van der Waals surface area (Å²) in [4.78, 5) is 8.53. The summed E-state index contributed by atoms with van der Waals surface area (Å²) in [5, 5.41) is 16.8. The lowest BCUT2D eigenvalue weighted by molar-refractivity contribution is 0.371. The first-order chi connectivity index (χ1) is 10.2. The van der Waals surface area contributed by atoms with E-state index in [1.165, 1.54) is 0 Å². The number of hydrogen-bond acceptors (Lipinski definition) is 7. The van der Waals surface area contributed by atoms with E-state index in [0.717, 1.165) is 5.56 Å². The minimum Gasteiger partial charge on any atom is -0.360 e. The fourth-order valence-electron chi connectivity index (χ4n) is 1.97. The van der Waals surface area contributed by atoms with Crippen LogP contribution in [-0.4, -0.2) is 20.3 Å². The highest BCUT2D eigenvalue weighted by molar-refractivity contribution is 5.53. The molecule has 0 unspecified atom stereocenters. The van der Waals surface area contributed by atoms with Gasteiger partial charge in [-0.15, -0.1) is 0 Å². The zero-order chi connectivity index (χ0) is 14.8. The van der Waals surface area contributed by atoms with Gasteiger partial charge in [-0.2, -0.15) is 10.2 Å². The Kier molecular flexibility index (Phi) is 3.20. The summed E-state index contributed by atoms with van der Waals surface area (Å²) in [6.07, 6.45) is 1.92. The molecule has 3 rings (SSSR count). The van der Waals surface area contributed by atoms with Gasteiger partial charge < -0.3 is 9.05 Å². The third-order valence-corrected chi connectivity index (χ3v) is 3.05. The maximum Gasteiger partial charge on any atom is 0.233 e. The molecule has 0 bridgehead atoms. The molecule has 0 radical (unpaired) electrons. The number of rotatable bonds is 3.